The van der Waals surface area contributed by atoms with Gasteiger partial charge in [0.1, 0.15) is 0 Å². The first kappa shape index (κ1) is 11.9. The fourth-order valence-corrected chi connectivity index (χ4v) is 1.59. The van der Waals surface area contributed by atoms with Gasteiger partial charge in [-0.1, -0.05) is 32.6 Å². The van der Waals surface area contributed by atoms with Gasteiger partial charge in [0.05, 0.1) is 0 Å². The zero-order chi connectivity index (χ0) is 9.23. The summed E-state index contributed by atoms with van der Waals surface area (Å²) in [5, 5.41) is 0. The first-order valence-electron chi connectivity index (χ1n) is 5.25. The van der Waals surface area contributed by atoms with E-state index in [9.17, 15) is 0 Å². The lowest BCUT2D eigenvalue weighted by atomic mass is 9.95. The van der Waals surface area contributed by atoms with Gasteiger partial charge in [-0.2, -0.15) is 0 Å². The van der Waals surface area contributed by atoms with E-state index in [1.165, 1.54) is 25.7 Å². The Hall–Kier alpha value is -0.0800. The molecular formula is C10H24N2. The number of unbranched alkanes of at least 4 members (excludes halogenated alkanes) is 2. The van der Waals surface area contributed by atoms with E-state index in [1.807, 2.05) is 0 Å². The van der Waals surface area contributed by atoms with E-state index >= 15 is 0 Å². The van der Waals surface area contributed by atoms with Crippen molar-refractivity contribution in [2.24, 2.45) is 17.4 Å². The highest BCUT2D eigenvalue weighted by Crippen LogP contribution is 2.15. The molecular weight excluding hydrogens is 148 g/mol. The summed E-state index contributed by atoms with van der Waals surface area (Å²) < 4.78 is 0. The molecule has 0 unspecified atom stereocenters. The van der Waals surface area contributed by atoms with Gasteiger partial charge in [0.2, 0.25) is 0 Å². The average molecular weight is 172 g/mol. The Morgan fingerprint density at radius 1 is 0.917 bits per heavy atom. The molecule has 4 N–H and O–H groups in total. The van der Waals surface area contributed by atoms with Crippen LogP contribution in [0.2, 0.25) is 0 Å². The summed E-state index contributed by atoms with van der Waals surface area (Å²) in [6, 6.07) is 0. The van der Waals surface area contributed by atoms with Gasteiger partial charge < -0.3 is 11.5 Å². The maximum atomic E-state index is 5.52. The summed E-state index contributed by atoms with van der Waals surface area (Å²) in [7, 11) is 0. The molecule has 0 fully saturated rings. The Morgan fingerprint density at radius 2 is 1.50 bits per heavy atom. The predicted octanol–water partition coefficient (Wildman–Crippen LogP) is 1.88. The quantitative estimate of drug-likeness (QED) is 0.549. The molecule has 0 aliphatic heterocycles. The van der Waals surface area contributed by atoms with Gasteiger partial charge in [0, 0.05) is 0 Å². The van der Waals surface area contributed by atoms with Crippen molar-refractivity contribution in [3.63, 3.8) is 0 Å². The van der Waals surface area contributed by atoms with Gasteiger partial charge in [0.15, 0.2) is 0 Å². The highest BCUT2D eigenvalue weighted by Gasteiger charge is 2.05. The average Bonchev–Trinajstić information content (AvgIpc) is 2.06. The fourth-order valence-electron chi connectivity index (χ4n) is 1.59. The lowest BCUT2D eigenvalue weighted by Gasteiger charge is -2.13. The number of hydrogen-bond acceptors (Lipinski definition) is 2. The van der Waals surface area contributed by atoms with Gasteiger partial charge >= 0.3 is 0 Å². The van der Waals surface area contributed by atoms with E-state index < -0.39 is 0 Å². The van der Waals surface area contributed by atoms with E-state index in [2.05, 4.69) is 6.92 Å². The van der Waals surface area contributed by atoms with Crippen LogP contribution in [0.15, 0.2) is 0 Å². The van der Waals surface area contributed by atoms with Crippen LogP contribution in [0.5, 0.6) is 0 Å². The maximum Gasteiger partial charge on any atom is -0.00746 e. The van der Waals surface area contributed by atoms with Crippen LogP contribution in [0.25, 0.3) is 0 Å². The molecule has 0 radical (unpaired) electrons. The second-order valence-electron chi connectivity index (χ2n) is 3.52. The molecule has 12 heavy (non-hydrogen) atoms. The summed E-state index contributed by atoms with van der Waals surface area (Å²) in [6.07, 6.45) is 7.63. The Labute approximate surface area is 76.7 Å². The van der Waals surface area contributed by atoms with Gasteiger partial charge in [-0.05, 0) is 31.8 Å². The normalized spacial score (nSPS) is 11.0. The largest absolute Gasteiger partial charge is 0.330 e. The molecule has 0 saturated carbocycles. The van der Waals surface area contributed by atoms with Crippen molar-refractivity contribution in [2.45, 2.75) is 45.4 Å². The number of rotatable bonds is 8. The van der Waals surface area contributed by atoms with E-state index in [0.29, 0.717) is 0 Å². The third kappa shape index (κ3) is 6.62. The monoisotopic (exact) mass is 172 g/mol. The van der Waals surface area contributed by atoms with Crippen molar-refractivity contribution in [3.8, 4) is 0 Å². The number of hydrogen-bond donors (Lipinski definition) is 2. The fraction of sp³-hybridized carbons (Fsp3) is 1.00. The molecule has 0 heterocycles. The molecule has 0 aromatic rings. The molecule has 0 spiro atoms. The van der Waals surface area contributed by atoms with Crippen LogP contribution in [-0.2, 0) is 0 Å². The standard InChI is InChI=1S/C10H24N2/c1-2-3-4-5-10(6-8-11)7-9-12/h10H,2-9,11-12H2,1H3. The van der Waals surface area contributed by atoms with Gasteiger partial charge in [0.25, 0.3) is 0 Å². The SMILES string of the molecule is CCCCCC(CCN)CCN. The second-order valence-corrected chi connectivity index (χ2v) is 3.52. The third-order valence-electron chi connectivity index (χ3n) is 2.37. The van der Waals surface area contributed by atoms with Crippen molar-refractivity contribution in [3.05, 3.63) is 0 Å². The molecule has 0 aromatic heterocycles. The smallest absolute Gasteiger partial charge is 0.00746 e. The van der Waals surface area contributed by atoms with Crippen molar-refractivity contribution in [1.29, 1.82) is 0 Å². The number of nitrogens with two attached hydrogens (primary N) is 2. The first-order valence-corrected chi connectivity index (χ1v) is 5.25. The summed E-state index contributed by atoms with van der Waals surface area (Å²) in [5.41, 5.74) is 11.0. The molecule has 2 nitrogen and oxygen atoms in total. The minimum absolute atomic E-state index is 0.784. The van der Waals surface area contributed by atoms with Gasteiger partial charge in [-0.3, -0.25) is 0 Å². The van der Waals surface area contributed by atoms with E-state index in [1.54, 1.807) is 0 Å². The van der Waals surface area contributed by atoms with Crippen molar-refractivity contribution < 1.29 is 0 Å². The molecule has 0 saturated heterocycles. The van der Waals surface area contributed by atoms with E-state index in [4.69, 9.17) is 11.5 Å². The molecule has 0 aliphatic rings. The Balaban J connectivity index is 3.34. The minimum atomic E-state index is 0.784. The van der Waals surface area contributed by atoms with Crippen molar-refractivity contribution >= 4 is 0 Å². The first-order chi connectivity index (χ1) is 5.85. The summed E-state index contributed by atoms with van der Waals surface area (Å²) in [6.45, 7) is 3.87. The van der Waals surface area contributed by atoms with Crippen LogP contribution < -0.4 is 11.5 Å². The van der Waals surface area contributed by atoms with Crippen LogP contribution in [0.4, 0.5) is 0 Å². The Morgan fingerprint density at radius 3 is 1.92 bits per heavy atom. The summed E-state index contributed by atoms with van der Waals surface area (Å²) >= 11 is 0. The molecule has 0 atom stereocenters. The van der Waals surface area contributed by atoms with Gasteiger partial charge in [-0.25, -0.2) is 0 Å². The molecule has 2 heteroatoms. The van der Waals surface area contributed by atoms with Crippen LogP contribution in [0, 0.1) is 5.92 Å². The zero-order valence-corrected chi connectivity index (χ0v) is 8.39. The highest BCUT2D eigenvalue weighted by molar-refractivity contribution is 4.60. The lowest BCUT2D eigenvalue weighted by molar-refractivity contribution is 0.412. The second kappa shape index (κ2) is 9.01. The Kier molecular flexibility index (Phi) is 8.95. The van der Waals surface area contributed by atoms with Crippen LogP contribution in [0.3, 0.4) is 0 Å². The third-order valence-corrected chi connectivity index (χ3v) is 2.37. The van der Waals surface area contributed by atoms with Crippen LogP contribution in [0.1, 0.15) is 45.4 Å². The lowest BCUT2D eigenvalue weighted by Crippen LogP contribution is -2.13. The highest BCUT2D eigenvalue weighted by atomic mass is 14.5. The van der Waals surface area contributed by atoms with Crippen LogP contribution >= 0.6 is 0 Å². The Bertz CT molecular complexity index is 77.9. The minimum Gasteiger partial charge on any atom is -0.330 e. The van der Waals surface area contributed by atoms with E-state index in [-0.39, 0.29) is 0 Å². The predicted molar refractivity (Wildman–Crippen MR) is 55.0 cm³/mol. The molecule has 74 valence electrons. The van der Waals surface area contributed by atoms with Crippen LogP contribution in [-0.4, -0.2) is 13.1 Å². The van der Waals surface area contributed by atoms with Crippen molar-refractivity contribution in [1.82, 2.24) is 0 Å². The van der Waals surface area contributed by atoms with E-state index in [0.717, 1.165) is 31.8 Å². The molecule has 0 rings (SSSR count). The maximum absolute atomic E-state index is 5.52. The van der Waals surface area contributed by atoms with Gasteiger partial charge in [-0.15, -0.1) is 0 Å². The molecule has 0 aromatic carbocycles. The summed E-state index contributed by atoms with van der Waals surface area (Å²) in [5.74, 6) is 0.784. The summed E-state index contributed by atoms with van der Waals surface area (Å²) in [4.78, 5) is 0. The molecule has 0 aliphatic carbocycles. The topological polar surface area (TPSA) is 52.0 Å². The molecule has 0 amide bonds. The molecule has 0 bridgehead atoms. The van der Waals surface area contributed by atoms with Crippen molar-refractivity contribution in [2.75, 3.05) is 13.1 Å². The zero-order valence-electron chi connectivity index (χ0n) is 8.39.